The third kappa shape index (κ3) is 3.79. The first-order valence-electron chi connectivity index (χ1n) is 7.80. The van der Waals surface area contributed by atoms with Crippen LogP contribution >= 0.6 is 0 Å². The number of nitrogens with zero attached hydrogens (tertiary/aromatic N) is 1. The summed E-state index contributed by atoms with van der Waals surface area (Å²) in [7, 11) is -3.53. The quantitative estimate of drug-likeness (QED) is 0.497. The summed E-state index contributed by atoms with van der Waals surface area (Å²) in [5, 5.41) is 8.51. The average molecular weight is 358 g/mol. The maximum absolute atomic E-state index is 12.8. The largest absolute Gasteiger partial charge is 0.288 e. The maximum Gasteiger partial charge on any atom is 0.267 e. The van der Waals surface area contributed by atoms with Crippen LogP contribution in [0.25, 0.3) is 6.08 Å². The summed E-state index contributed by atoms with van der Waals surface area (Å²) in [5.74, 6) is -0.619. The van der Waals surface area contributed by atoms with Gasteiger partial charge in [0, 0.05) is 19.2 Å². The van der Waals surface area contributed by atoms with E-state index in [0.29, 0.717) is 19.5 Å². The number of hydroxylamine groups is 1. The third-order valence-electron chi connectivity index (χ3n) is 4.13. The van der Waals surface area contributed by atoms with Crippen molar-refractivity contribution >= 4 is 22.0 Å². The summed E-state index contributed by atoms with van der Waals surface area (Å²) in [4.78, 5) is 11.4. The molecule has 1 aliphatic rings. The van der Waals surface area contributed by atoms with Crippen molar-refractivity contribution < 1.29 is 18.4 Å². The third-order valence-corrected chi connectivity index (χ3v) is 5.99. The monoisotopic (exact) mass is 358 g/mol. The standard InChI is InChI=1S/C18H18N2O4S/c21-18(19-22)9-7-14-6-8-15-10-11-20(13-16(15)12-14)25(23,24)17-4-2-1-3-5-17/h1-9,12,22H,10-11,13H2,(H,19,21). The molecule has 3 rings (SSSR count). The van der Waals surface area contributed by atoms with Gasteiger partial charge in [-0.3, -0.25) is 10.0 Å². The van der Waals surface area contributed by atoms with Gasteiger partial charge in [-0.1, -0.05) is 36.4 Å². The number of hydrogen-bond donors (Lipinski definition) is 2. The highest BCUT2D eigenvalue weighted by molar-refractivity contribution is 7.89. The number of nitrogens with one attached hydrogen (secondary N) is 1. The highest BCUT2D eigenvalue weighted by Gasteiger charge is 2.28. The number of rotatable bonds is 4. The van der Waals surface area contributed by atoms with Crippen molar-refractivity contribution in [3.05, 3.63) is 71.3 Å². The van der Waals surface area contributed by atoms with Gasteiger partial charge in [0.2, 0.25) is 10.0 Å². The molecule has 0 aromatic heterocycles. The van der Waals surface area contributed by atoms with E-state index in [1.54, 1.807) is 36.4 Å². The fourth-order valence-corrected chi connectivity index (χ4v) is 4.25. The molecule has 2 aromatic carbocycles. The molecule has 1 amide bonds. The molecule has 0 spiro atoms. The highest BCUT2D eigenvalue weighted by Crippen LogP contribution is 2.26. The summed E-state index contributed by atoms with van der Waals surface area (Å²) >= 11 is 0. The van der Waals surface area contributed by atoms with Crippen molar-refractivity contribution in [1.82, 2.24) is 9.79 Å². The highest BCUT2D eigenvalue weighted by atomic mass is 32.2. The van der Waals surface area contributed by atoms with Gasteiger partial charge in [-0.2, -0.15) is 4.31 Å². The summed E-state index contributed by atoms with van der Waals surface area (Å²) in [5.41, 5.74) is 4.31. The molecule has 1 heterocycles. The molecule has 2 aromatic rings. The second kappa shape index (κ2) is 7.18. The van der Waals surface area contributed by atoms with Crippen LogP contribution in [-0.2, 0) is 27.8 Å². The predicted molar refractivity (Wildman–Crippen MR) is 93.1 cm³/mol. The number of hydrogen-bond acceptors (Lipinski definition) is 4. The molecule has 0 bridgehead atoms. The lowest BCUT2D eigenvalue weighted by molar-refractivity contribution is -0.124. The summed E-state index contributed by atoms with van der Waals surface area (Å²) in [6.07, 6.45) is 3.42. The van der Waals surface area contributed by atoms with Crippen LogP contribution < -0.4 is 5.48 Å². The van der Waals surface area contributed by atoms with E-state index in [2.05, 4.69) is 0 Å². The fourth-order valence-electron chi connectivity index (χ4n) is 2.81. The lowest BCUT2D eigenvalue weighted by Crippen LogP contribution is -2.35. The maximum atomic E-state index is 12.8. The van der Waals surface area contributed by atoms with E-state index >= 15 is 0 Å². The van der Waals surface area contributed by atoms with E-state index in [-0.39, 0.29) is 4.90 Å². The fraction of sp³-hybridized carbons (Fsp3) is 0.167. The summed E-state index contributed by atoms with van der Waals surface area (Å²) in [6, 6.07) is 14.1. The molecule has 1 aliphatic heterocycles. The van der Waals surface area contributed by atoms with Crippen molar-refractivity contribution in [2.75, 3.05) is 6.54 Å². The summed E-state index contributed by atoms with van der Waals surface area (Å²) in [6.45, 7) is 0.729. The Kier molecular flexibility index (Phi) is 4.98. The molecule has 0 fully saturated rings. The Morgan fingerprint density at radius 3 is 2.60 bits per heavy atom. The Labute approximate surface area is 146 Å². The lowest BCUT2D eigenvalue weighted by atomic mass is 9.98. The van der Waals surface area contributed by atoms with Crippen LogP contribution in [0, 0.1) is 0 Å². The second-order valence-electron chi connectivity index (χ2n) is 5.74. The number of carbonyl (C=O) groups is 1. The molecule has 0 radical (unpaired) electrons. The van der Waals surface area contributed by atoms with Crippen LogP contribution in [0.5, 0.6) is 0 Å². The molecule has 0 aliphatic carbocycles. The zero-order valence-electron chi connectivity index (χ0n) is 13.4. The van der Waals surface area contributed by atoms with Gasteiger partial charge < -0.3 is 0 Å². The summed E-state index contributed by atoms with van der Waals surface area (Å²) < 4.78 is 27.0. The number of sulfonamides is 1. The van der Waals surface area contributed by atoms with E-state index in [1.165, 1.54) is 15.9 Å². The SMILES string of the molecule is O=C(C=Cc1ccc2c(c1)CN(S(=O)(=O)c1ccccc1)CC2)NO. The van der Waals surface area contributed by atoms with Gasteiger partial charge in [-0.05, 0) is 41.3 Å². The van der Waals surface area contributed by atoms with Crippen molar-refractivity contribution in [2.45, 2.75) is 17.9 Å². The average Bonchev–Trinajstić information content (AvgIpc) is 2.66. The van der Waals surface area contributed by atoms with E-state index in [0.717, 1.165) is 16.7 Å². The van der Waals surface area contributed by atoms with E-state index in [4.69, 9.17) is 5.21 Å². The first-order valence-corrected chi connectivity index (χ1v) is 9.24. The first kappa shape index (κ1) is 17.3. The van der Waals surface area contributed by atoms with E-state index in [9.17, 15) is 13.2 Å². The molecule has 130 valence electrons. The van der Waals surface area contributed by atoms with E-state index in [1.807, 2.05) is 18.2 Å². The van der Waals surface area contributed by atoms with Gasteiger partial charge in [0.1, 0.15) is 0 Å². The molecule has 7 heteroatoms. The minimum Gasteiger partial charge on any atom is -0.288 e. The predicted octanol–water partition coefficient (Wildman–Crippen LogP) is 1.95. The zero-order chi connectivity index (χ0) is 17.9. The minimum absolute atomic E-state index is 0.286. The van der Waals surface area contributed by atoms with Crippen LogP contribution in [0.1, 0.15) is 16.7 Å². The zero-order valence-corrected chi connectivity index (χ0v) is 14.2. The van der Waals surface area contributed by atoms with Gasteiger partial charge >= 0.3 is 0 Å². The van der Waals surface area contributed by atoms with Gasteiger partial charge in [0.05, 0.1) is 4.90 Å². The van der Waals surface area contributed by atoms with Gasteiger partial charge in [-0.25, -0.2) is 13.9 Å². The Bertz CT molecular complexity index is 908. The Morgan fingerprint density at radius 2 is 1.88 bits per heavy atom. The molecular formula is C18H18N2O4S. The smallest absolute Gasteiger partial charge is 0.267 e. The molecule has 2 N–H and O–H groups in total. The van der Waals surface area contributed by atoms with Gasteiger partial charge in [-0.15, -0.1) is 0 Å². The molecule has 25 heavy (non-hydrogen) atoms. The van der Waals surface area contributed by atoms with Crippen LogP contribution in [0.15, 0.2) is 59.5 Å². The number of carbonyl (C=O) groups excluding carboxylic acids is 1. The van der Waals surface area contributed by atoms with Crippen molar-refractivity contribution in [2.24, 2.45) is 0 Å². The molecule has 0 saturated carbocycles. The molecular weight excluding hydrogens is 340 g/mol. The van der Waals surface area contributed by atoms with Crippen molar-refractivity contribution in [1.29, 1.82) is 0 Å². The number of fused-ring (bicyclic) bond motifs is 1. The van der Waals surface area contributed by atoms with Crippen molar-refractivity contribution in [3.63, 3.8) is 0 Å². The molecule has 0 saturated heterocycles. The molecule has 0 atom stereocenters. The molecule has 0 unspecified atom stereocenters. The number of amides is 1. The van der Waals surface area contributed by atoms with Gasteiger partial charge in [0.15, 0.2) is 0 Å². The van der Waals surface area contributed by atoms with Crippen molar-refractivity contribution in [3.8, 4) is 0 Å². The number of benzene rings is 2. The Hall–Kier alpha value is -2.48. The lowest BCUT2D eigenvalue weighted by Gasteiger charge is -2.28. The Morgan fingerprint density at radius 1 is 1.12 bits per heavy atom. The topological polar surface area (TPSA) is 86.7 Å². The first-order chi connectivity index (χ1) is 12.0. The van der Waals surface area contributed by atoms with Crippen LogP contribution in [0.3, 0.4) is 0 Å². The molecule has 6 nitrogen and oxygen atoms in total. The normalized spacial score (nSPS) is 15.1. The van der Waals surface area contributed by atoms with E-state index < -0.39 is 15.9 Å². The van der Waals surface area contributed by atoms with Crippen LogP contribution in [-0.4, -0.2) is 30.4 Å². The second-order valence-corrected chi connectivity index (χ2v) is 7.68. The van der Waals surface area contributed by atoms with Crippen LogP contribution in [0.4, 0.5) is 0 Å². The minimum atomic E-state index is -3.53. The van der Waals surface area contributed by atoms with Gasteiger partial charge in [0.25, 0.3) is 5.91 Å². The Balaban J connectivity index is 1.85. The van der Waals surface area contributed by atoms with Crippen LogP contribution in [0.2, 0.25) is 0 Å².